The van der Waals surface area contributed by atoms with Crippen molar-refractivity contribution in [3.8, 4) is 5.75 Å². The maximum absolute atomic E-state index is 5.65. The summed E-state index contributed by atoms with van der Waals surface area (Å²) in [6.45, 7) is 5.87. The third-order valence-electron chi connectivity index (χ3n) is 4.60. The first-order valence-electron chi connectivity index (χ1n) is 8.50. The van der Waals surface area contributed by atoms with E-state index in [9.17, 15) is 0 Å². The Kier molecular flexibility index (Phi) is 5.70. The molecular formula is C18H28N2O2. The number of likely N-dealkylation sites (tertiary alicyclic amines) is 1. The van der Waals surface area contributed by atoms with Gasteiger partial charge in [0.25, 0.3) is 0 Å². The molecule has 4 nitrogen and oxygen atoms in total. The fourth-order valence-electron chi connectivity index (χ4n) is 3.21. The summed E-state index contributed by atoms with van der Waals surface area (Å²) in [6, 6.07) is 9.26. The van der Waals surface area contributed by atoms with Gasteiger partial charge in [-0.1, -0.05) is 12.1 Å². The topological polar surface area (TPSA) is 33.7 Å². The Bertz CT molecular complexity index is 462. The van der Waals surface area contributed by atoms with Crippen molar-refractivity contribution in [2.24, 2.45) is 5.92 Å². The SMILES string of the molecule is COCCOc1cccc(CNCC2CCN(C3CC3)C2)c1. The van der Waals surface area contributed by atoms with E-state index in [0.29, 0.717) is 13.2 Å². The van der Waals surface area contributed by atoms with E-state index >= 15 is 0 Å². The van der Waals surface area contributed by atoms with Crippen LogP contribution in [-0.2, 0) is 11.3 Å². The zero-order valence-electron chi connectivity index (χ0n) is 13.6. The van der Waals surface area contributed by atoms with Crippen LogP contribution in [0.25, 0.3) is 0 Å². The average Bonchev–Trinajstić information content (AvgIpc) is 3.28. The first kappa shape index (κ1) is 15.8. The number of methoxy groups -OCH3 is 1. The molecule has 2 aliphatic rings. The van der Waals surface area contributed by atoms with Crippen molar-refractivity contribution in [3.63, 3.8) is 0 Å². The lowest BCUT2D eigenvalue weighted by Gasteiger charge is -2.15. The van der Waals surface area contributed by atoms with Crippen molar-refractivity contribution in [3.05, 3.63) is 29.8 Å². The molecule has 1 unspecified atom stereocenters. The highest BCUT2D eigenvalue weighted by atomic mass is 16.5. The number of nitrogens with zero attached hydrogens (tertiary/aromatic N) is 1. The van der Waals surface area contributed by atoms with Gasteiger partial charge >= 0.3 is 0 Å². The molecule has 1 N–H and O–H groups in total. The summed E-state index contributed by atoms with van der Waals surface area (Å²) < 4.78 is 10.7. The van der Waals surface area contributed by atoms with Gasteiger partial charge in [0.05, 0.1) is 6.61 Å². The molecular weight excluding hydrogens is 276 g/mol. The number of hydrogen-bond acceptors (Lipinski definition) is 4. The van der Waals surface area contributed by atoms with Crippen molar-refractivity contribution in [1.29, 1.82) is 0 Å². The molecule has 22 heavy (non-hydrogen) atoms. The second kappa shape index (κ2) is 7.95. The molecule has 1 aromatic carbocycles. The van der Waals surface area contributed by atoms with Crippen molar-refractivity contribution < 1.29 is 9.47 Å². The highest BCUT2D eigenvalue weighted by molar-refractivity contribution is 5.28. The zero-order chi connectivity index (χ0) is 15.2. The highest BCUT2D eigenvalue weighted by Crippen LogP contribution is 2.31. The van der Waals surface area contributed by atoms with Crippen LogP contribution in [0.2, 0.25) is 0 Å². The summed E-state index contributed by atoms with van der Waals surface area (Å²) in [4.78, 5) is 2.68. The van der Waals surface area contributed by atoms with Crippen LogP contribution in [0.15, 0.2) is 24.3 Å². The molecule has 0 spiro atoms. The first-order chi connectivity index (χ1) is 10.8. The van der Waals surface area contributed by atoms with Crippen molar-refractivity contribution in [2.75, 3.05) is 40.0 Å². The summed E-state index contributed by atoms with van der Waals surface area (Å²) in [5.41, 5.74) is 1.28. The lowest BCUT2D eigenvalue weighted by Crippen LogP contribution is -2.27. The van der Waals surface area contributed by atoms with Gasteiger partial charge in [-0.15, -0.1) is 0 Å². The third-order valence-corrected chi connectivity index (χ3v) is 4.60. The van der Waals surface area contributed by atoms with E-state index in [0.717, 1.165) is 30.8 Å². The predicted octanol–water partition coefficient (Wildman–Crippen LogP) is 2.29. The van der Waals surface area contributed by atoms with E-state index in [-0.39, 0.29) is 0 Å². The molecule has 2 fully saturated rings. The predicted molar refractivity (Wildman–Crippen MR) is 88.2 cm³/mol. The minimum Gasteiger partial charge on any atom is -0.491 e. The molecule has 1 heterocycles. The lowest BCUT2D eigenvalue weighted by atomic mass is 10.1. The molecule has 122 valence electrons. The molecule has 0 radical (unpaired) electrons. The molecule has 4 heteroatoms. The van der Waals surface area contributed by atoms with Crippen LogP contribution in [0.4, 0.5) is 0 Å². The smallest absolute Gasteiger partial charge is 0.119 e. The van der Waals surface area contributed by atoms with Crippen LogP contribution < -0.4 is 10.1 Å². The number of benzene rings is 1. The first-order valence-corrected chi connectivity index (χ1v) is 8.50. The van der Waals surface area contributed by atoms with Gasteiger partial charge in [-0.3, -0.25) is 0 Å². The molecule has 1 aliphatic heterocycles. The van der Waals surface area contributed by atoms with Gasteiger partial charge < -0.3 is 19.7 Å². The average molecular weight is 304 g/mol. The molecule has 1 saturated heterocycles. The maximum atomic E-state index is 5.65. The molecule has 1 aromatic rings. The molecule has 3 rings (SSSR count). The Hall–Kier alpha value is -1.10. The molecule has 0 bridgehead atoms. The van der Waals surface area contributed by atoms with Gasteiger partial charge in [-0.25, -0.2) is 0 Å². The second-order valence-corrected chi connectivity index (χ2v) is 6.50. The Morgan fingerprint density at radius 3 is 2.95 bits per heavy atom. The molecule has 1 saturated carbocycles. The van der Waals surface area contributed by atoms with Crippen LogP contribution in [0, 0.1) is 5.92 Å². The van der Waals surface area contributed by atoms with Crippen molar-refractivity contribution in [2.45, 2.75) is 31.8 Å². The minimum absolute atomic E-state index is 0.604. The van der Waals surface area contributed by atoms with Crippen LogP contribution in [0.5, 0.6) is 5.75 Å². The quantitative estimate of drug-likeness (QED) is 0.710. The summed E-state index contributed by atoms with van der Waals surface area (Å²) in [6.07, 6.45) is 4.20. The Labute approximate surface area is 133 Å². The monoisotopic (exact) mass is 304 g/mol. The van der Waals surface area contributed by atoms with Crippen LogP contribution in [0.1, 0.15) is 24.8 Å². The summed E-state index contributed by atoms with van der Waals surface area (Å²) in [7, 11) is 1.69. The fraction of sp³-hybridized carbons (Fsp3) is 0.667. The summed E-state index contributed by atoms with van der Waals surface area (Å²) in [5.74, 6) is 1.75. The van der Waals surface area contributed by atoms with E-state index in [1.165, 1.54) is 37.9 Å². The number of nitrogens with one attached hydrogen (secondary N) is 1. The minimum atomic E-state index is 0.604. The summed E-state index contributed by atoms with van der Waals surface area (Å²) in [5, 5.41) is 3.61. The molecule has 0 aromatic heterocycles. The largest absolute Gasteiger partial charge is 0.491 e. The third kappa shape index (κ3) is 4.70. The number of hydrogen-bond donors (Lipinski definition) is 1. The Morgan fingerprint density at radius 2 is 2.14 bits per heavy atom. The van der Waals surface area contributed by atoms with Crippen molar-refractivity contribution in [1.82, 2.24) is 10.2 Å². The van der Waals surface area contributed by atoms with Gasteiger partial charge in [0.15, 0.2) is 0 Å². The van der Waals surface area contributed by atoms with Gasteiger partial charge in [0.1, 0.15) is 12.4 Å². The number of rotatable bonds is 9. The van der Waals surface area contributed by atoms with E-state index in [2.05, 4.69) is 28.4 Å². The van der Waals surface area contributed by atoms with E-state index in [1.54, 1.807) is 7.11 Å². The lowest BCUT2D eigenvalue weighted by molar-refractivity contribution is 0.146. The Morgan fingerprint density at radius 1 is 1.23 bits per heavy atom. The van der Waals surface area contributed by atoms with E-state index < -0.39 is 0 Å². The fourth-order valence-corrected chi connectivity index (χ4v) is 3.21. The van der Waals surface area contributed by atoms with Crippen LogP contribution >= 0.6 is 0 Å². The van der Waals surface area contributed by atoms with Gasteiger partial charge in [0, 0.05) is 26.2 Å². The second-order valence-electron chi connectivity index (χ2n) is 6.50. The van der Waals surface area contributed by atoms with E-state index in [4.69, 9.17) is 9.47 Å². The molecule has 1 aliphatic carbocycles. The van der Waals surface area contributed by atoms with Crippen LogP contribution in [-0.4, -0.2) is 50.9 Å². The van der Waals surface area contributed by atoms with Crippen LogP contribution in [0.3, 0.4) is 0 Å². The van der Waals surface area contributed by atoms with Gasteiger partial charge in [-0.2, -0.15) is 0 Å². The van der Waals surface area contributed by atoms with Crippen molar-refractivity contribution >= 4 is 0 Å². The van der Waals surface area contributed by atoms with Gasteiger partial charge in [0.2, 0.25) is 0 Å². The normalized spacial score (nSPS) is 22.1. The summed E-state index contributed by atoms with van der Waals surface area (Å²) >= 11 is 0. The zero-order valence-corrected chi connectivity index (χ0v) is 13.6. The van der Waals surface area contributed by atoms with E-state index in [1.807, 2.05) is 6.07 Å². The van der Waals surface area contributed by atoms with Gasteiger partial charge in [-0.05, 0) is 56.0 Å². The standard InChI is InChI=1S/C18H28N2O2/c1-21-9-10-22-18-4-2-3-15(11-18)12-19-13-16-7-8-20(14-16)17-5-6-17/h2-4,11,16-17,19H,5-10,12-14H2,1H3. The highest BCUT2D eigenvalue weighted by Gasteiger charge is 2.33. The molecule has 1 atom stereocenters. The molecule has 0 amide bonds. The number of ether oxygens (including phenoxy) is 2. The Balaban J connectivity index is 1.37. The maximum Gasteiger partial charge on any atom is 0.119 e.